The summed E-state index contributed by atoms with van der Waals surface area (Å²) in [5.41, 5.74) is 2.05. The minimum atomic E-state index is -0.466. The van der Waals surface area contributed by atoms with E-state index in [1.807, 2.05) is 12.1 Å². The summed E-state index contributed by atoms with van der Waals surface area (Å²) < 4.78 is 0. The Morgan fingerprint density at radius 1 is 1.11 bits per heavy atom. The van der Waals surface area contributed by atoms with Crippen molar-refractivity contribution in [3.05, 3.63) is 48.1 Å². The Morgan fingerprint density at radius 2 is 1.71 bits per heavy atom. The van der Waals surface area contributed by atoms with Gasteiger partial charge in [-0.25, -0.2) is 0 Å². The Hall–Kier alpha value is -2.47. The van der Waals surface area contributed by atoms with Crippen molar-refractivity contribution < 1.29 is 9.59 Å². The second-order valence-electron chi connectivity index (χ2n) is 6.81. The topological polar surface area (TPSA) is 52.7 Å². The zero-order valence-corrected chi connectivity index (χ0v) is 17.6. The van der Waals surface area contributed by atoms with Crippen LogP contribution >= 0.6 is 12.2 Å². The van der Waals surface area contributed by atoms with Gasteiger partial charge in [-0.3, -0.25) is 19.8 Å². The summed E-state index contributed by atoms with van der Waals surface area (Å²) in [5, 5.41) is 2.68. The average Bonchev–Trinajstić information content (AvgIpc) is 2.69. The lowest BCUT2D eigenvalue weighted by Gasteiger charge is -2.28. The number of unbranched alkanes of at least 4 members (excludes halogenated alkanes) is 2. The number of benzene rings is 1. The second kappa shape index (κ2) is 10.8. The molecule has 1 N–H and O–H groups in total. The maximum absolute atomic E-state index is 12.6. The number of carbonyl (C=O) groups is 2. The highest BCUT2D eigenvalue weighted by atomic mass is 32.1. The zero-order valence-electron chi connectivity index (χ0n) is 16.7. The maximum Gasteiger partial charge on any atom is 0.265 e. The van der Waals surface area contributed by atoms with Crippen molar-refractivity contribution in [3.8, 4) is 0 Å². The van der Waals surface area contributed by atoms with Gasteiger partial charge in [0.05, 0.1) is 0 Å². The molecule has 1 aromatic carbocycles. The van der Waals surface area contributed by atoms with Crippen molar-refractivity contribution in [3.63, 3.8) is 0 Å². The number of thiocarbonyl (C=S) groups is 1. The van der Waals surface area contributed by atoms with Crippen molar-refractivity contribution in [1.82, 2.24) is 10.2 Å². The fourth-order valence-corrected chi connectivity index (χ4v) is 3.26. The number of carbonyl (C=O) groups excluding carboxylic acids is 2. The molecule has 1 aliphatic rings. The van der Waals surface area contributed by atoms with Crippen LogP contribution in [0.5, 0.6) is 0 Å². The summed E-state index contributed by atoms with van der Waals surface area (Å²) in [6.07, 6.45) is 7.82. The smallest absolute Gasteiger partial charge is 0.265 e. The third-order valence-corrected chi connectivity index (χ3v) is 4.95. The van der Waals surface area contributed by atoms with Crippen molar-refractivity contribution in [2.24, 2.45) is 0 Å². The highest BCUT2D eigenvalue weighted by Gasteiger charge is 2.32. The molecular weight excluding hydrogens is 370 g/mol. The molecule has 28 heavy (non-hydrogen) atoms. The first kappa shape index (κ1) is 21.8. The highest BCUT2D eigenvalue weighted by molar-refractivity contribution is 7.80. The average molecular weight is 400 g/mol. The first-order valence-electron chi connectivity index (χ1n) is 9.86. The third kappa shape index (κ3) is 5.52. The minimum Gasteiger partial charge on any atom is -0.372 e. The molecule has 0 unspecified atom stereocenters. The third-order valence-electron chi connectivity index (χ3n) is 4.63. The summed E-state index contributed by atoms with van der Waals surface area (Å²) >= 11 is 5.07. The molecule has 0 radical (unpaired) electrons. The Kier molecular flexibility index (Phi) is 8.39. The number of hydrogen-bond acceptors (Lipinski definition) is 4. The van der Waals surface area contributed by atoms with Crippen LogP contribution in [0.15, 0.2) is 42.5 Å². The molecule has 1 heterocycles. The van der Waals surface area contributed by atoms with E-state index in [0.717, 1.165) is 50.0 Å². The summed E-state index contributed by atoms with van der Waals surface area (Å²) in [4.78, 5) is 28.6. The van der Waals surface area contributed by atoms with E-state index in [1.165, 1.54) is 4.90 Å². The van der Waals surface area contributed by atoms with Gasteiger partial charge in [0.15, 0.2) is 5.11 Å². The molecule has 0 atom stereocenters. The lowest BCUT2D eigenvalue weighted by molar-refractivity contribution is -0.128. The molecule has 1 fully saturated rings. The maximum atomic E-state index is 12.6. The summed E-state index contributed by atoms with van der Waals surface area (Å²) in [5.74, 6) is -0.864. The summed E-state index contributed by atoms with van der Waals surface area (Å²) in [7, 11) is 0. The first-order chi connectivity index (χ1) is 13.5. The highest BCUT2D eigenvalue weighted by Crippen LogP contribution is 2.20. The molecule has 0 aliphatic carbocycles. The molecule has 1 aliphatic heterocycles. The largest absolute Gasteiger partial charge is 0.372 e. The SMILES string of the molecule is C=CCN1C(=O)/C(=C/c2ccc(N(CCCC)CCCC)cc2)C(=O)NC1=S. The molecule has 0 spiro atoms. The van der Waals surface area contributed by atoms with Crippen molar-refractivity contribution in [1.29, 1.82) is 0 Å². The predicted octanol–water partition coefficient (Wildman–Crippen LogP) is 3.91. The van der Waals surface area contributed by atoms with Crippen LogP contribution < -0.4 is 10.2 Å². The van der Waals surface area contributed by atoms with Crippen LogP contribution in [0.3, 0.4) is 0 Å². The number of nitrogens with one attached hydrogen (secondary N) is 1. The van der Waals surface area contributed by atoms with Gasteiger partial charge in [-0.15, -0.1) is 6.58 Å². The monoisotopic (exact) mass is 399 g/mol. The number of rotatable bonds is 10. The van der Waals surface area contributed by atoms with Crippen molar-refractivity contribution in [2.75, 3.05) is 24.5 Å². The Morgan fingerprint density at radius 3 is 2.25 bits per heavy atom. The van der Waals surface area contributed by atoms with E-state index >= 15 is 0 Å². The van der Waals surface area contributed by atoms with Gasteiger partial charge in [-0.1, -0.05) is 44.9 Å². The van der Waals surface area contributed by atoms with Gasteiger partial charge in [0, 0.05) is 25.3 Å². The van der Waals surface area contributed by atoms with Gasteiger partial charge in [0.25, 0.3) is 11.8 Å². The molecule has 5 nitrogen and oxygen atoms in total. The number of nitrogens with zero attached hydrogens (tertiary/aromatic N) is 2. The van der Waals surface area contributed by atoms with Gasteiger partial charge in [0.2, 0.25) is 0 Å². The number of hydrogen-bond donors (Lipinski definition) is 1. The van der Waals surface area contributed by atoms with Crippen molar-refractivity contribution in [2.45, 2.75) is 39.5 Å². The first-order valence-corrected chi connectivity index (χ1v) is 10.3. The van der Waals surface area contributed by atoms with E-state index in [9.17, 15) is 9.59 Å². The van der Waals surface area contributed by atoms with Crippen LogP contribution in [-0.4, -0.2) is 41.5 Å². The van der Waals surface area contributed by atoms with E-state index in [-0.39, 0.29) is 17.2 Å². The summed E-state index contributed by atoms with van der Waals surface area (Å²) in [6.45, 7) is 10.3. The van der Waals surface area contributed by atoms with Crippen molar-refractivity contribution >= 4 is 40.9 Å². The molecule has 1 saturated heterocycles. The van der Waals surface area contributed by atoms with Gasteiger partial charge >= 0.3 is 0 Å². The van der Waals surface area contributed by atoms with E-state index in [2.05, 4.69) is 42.8 Å². The molecule has 0 saturated carbocycles. The lowest BCUT2D eigenvalue weighted by atomic mass is 10.1. The molecule has 6 heteroatoms. The van der Waals surface area contributed by atoms with Gasteiger partial charge in [-0.05, 0) is 48.8 Å². The van der Waals surface area contributed by atoms with Crippen LogP contribution in [-0.2, 0) is 9.59 Å². The van der Waals surface area contributed by atoms with E-state index in [1.54, 1.807) is 12.2 Å². The van der Waals surface area contributed by atoms with E-state index in [4.69, 9.17) is 12.2 Å². The fourth-order valence-electron chi connectivity index (χ4n) is 3.00. The van der Waals surface area contributed by atoms with Gasteiger partial charge in [-0.2, -0.15) is 0 Å². The molecule has 0 aromatic heterocycles. The minimum absolute atomic E-state index is 0.0806. The van der Waals surface area contributed by atoms with Crippen LogP contribution in [0, 0.1) is 0 Å². The van der Waals surface area contributed by atoms with Gasteiger partial charge < -0.3 is 4.90 Å². The lowest BCUT2D eigenvalue weighted by Crippen LogP contribution is -2.53. The Bertz CT molecular complexity index is 748. The van der Waals surface area contributed by atoms with Gasteiger partial charge in [0.1, 0.15) is 5.57 Å². The van der Waals surface area contributed by atoms with Crippen LogP contribution in [0.1, 0.15) is 45.1 Å². The van der Waals surface area contributed by atoms with Crippen LogP contribution in [0.2, 0.25) is 0 Å². The molecule has 1 aromatic rings. The standard InChI is InChI=1S/C22H29N3O2S/c1-4-7-14-24(15-8-5-2)18-11-9-17(10-12-18)16-19-20(26)23-22(28)25(13-6-3)21(19)27/h6,9-12,16H,3-5,7-8,13-15H2,1-2H3,(H,23,26,28)/b19-16+. The number of amides is 2. The molecular formula is C22H29N3O2S. The van der Waals surface area contributed by atoms with E-state index < -0.39 is 11.8 Å². The second-order valence-corrected chi connectivity index (χ2v) is 7.19. The predicted molar refractivity (Wildman–Crippen MR) is 119 cm³/mol. The normalized spacial score (nSPS) is 15.7. The van der Waals surface area contributed by atoms with Crippen LogP contribution in [0.25, 0.3) is 6.08 Å². The van der Waals surface area contributed by atoms with Crippen LogP contribution in [0.4, 0.5) is 5.69 Å². The molecule has 0 bridgehead atoms. The molecule has 2 amide bonds. The Balaban J connectivity index is 2.21. The molecule has 2 rings (SSSR count). The molecule has 150 valence electrons. The number of anilines is 1. The zero-order chi connectivity index (χ0) is 20.5. The van der Waals surface area contributed by atoms with E-state index in [0.29, 0.717) is 0 Å². The fraction of sp³-hybridized carbons (Fsp3) is 0.409. The Labute approximate surface area is 173 Å². The quantitative estimate of drug-likeness (QED) is 0.281. The summed E-state index contributed by atoms with van der Waals surface area (Å²) in [6, 6.07) is 7.99.